The van der Waals surface area contributed by atoms with E-state index in [1.807, 2.05) is 12.1 Å². The number of hydrogen-bond donors (Lipinski definition) is 2. The van der Waals surface area contributed by atoms with Gasteiger partial charge >= 0.3 is 0 Å². The van der Waals surface area contributed by atoms with Gasteiger partial charge in [0.05, 0.1) is 6.04 Å². The van der Waals surface area contributed by atoms with Crippen LogP contribution in [0.25, 0.3) is 0 Å². The predicted octanol–water partition coefficient (Wildman–Crippen LogP) is 5.04. The number of nitrogens with one attached hydrogen (secondary N) is 1. The summed E-state index contributed by atoms with van der Waals surface area (Å²) in [4.78, 5) is 0. The van der Waals surface area contributed by atoms with Crippen molar-refractivity contribution < 1.29 is 0 Å². The van der Waals surface area contributed by atoms with Gasteiger partial charge < -0.3 is 11.1 Å². The third-order valence-electron chi connectivity index (χ3n) is 3.93. The van der Waals surface area contributed by atoms with E-state index in [0.717, 1.165) is 5.69 Å². The summed E-state index contributed by atoms with van der Waals surface area (Å²) in [5.74, 6) is 0. The molecule has 2 nitrogen and oxygen atoms in total. The maximum absolute atomic E-state index is 5.99. The Labute approximate surface area is 141 Å². The third-order valence-corrected chi connectivity index (χ3v) is 3.93. The molecule has 0 fully saturated rings. The van der Waals surface area contributed by atoms with Crippen LogP contribution in [0.1, 0.15) is 64.3 Å². The van der Waals surface area contributed by atoms with E-state index in [2.05, 4.69) is 83.3 Å². The predicted molar refractivity (Wildman–Crippen MR) is 101 cm³/mol. The van der Waals surface area contributed by atoms with Crippen molar-refractivity contribution >= 4 is 5.69 Å². The lowest BCUT2D eigenvalue weighted by atomic mass is 9.85. The first kappa shape index (κ1) is 17.6. The van der Waals surface area contributed by atoms with Gasteiger partial charge in [0.15, 0.2) is 0 Å². The lowest BCUT2D eigenvalue weighted by Crippen LogP contribution is -2.39. The highest BCUT2D eigenvalue weighted by molar-refractivity contribution is 5.45. The van der Waals surface area contributed by atoms with E-state index in [1.54, 1.807) is 0 Å². The van der Waals surface area contributed by atoms with Crippen LogP contribution >= 0.6 is 0 Å². The van der Waals surface area contributed by atoms with Gasteiger partial charge in [-0.1, -0.05) is 57.2 Å². The minimum Gasteiger partial charge on any atom is -0.399 e. The van der Waals surface area contributed by atoms with Gasteiger partial charge in [-0.2, -0.15) is 0 Å². The summed E-state index contributed by atoms with van der Waals surface area (Å²) in [5.41, 5.74) is 10.8. The first-order chi connectivity index (χ1) is 10.6. The molecule has 0 spiro atoms. The molecule has 1 unspecified atom stereocenters. The zero-order chi connectivity index (χ0) is 17.3. The Balaban J connectivity index is 2.41. The normalized spacial score (nSPS) is 13.8. The quantitative estimate of drug-likeness (QED) is 0.779. The fraction of sp³-hybridized carbons (Fsp3) is 0.429. The summed E-state index contributed by atoms with van der Waals surface area (Å²) in [5, 5.41) is 3.72. The molecule has 0 aliphatic carbocycles. The van der Waals surface area contributed by atoms with E-state index in [-0.39, 0.29) is 17.0 Å². The number of nitrogens with two attached hydrogens (primary N) is 1. The molecule has 0 aromatic heterocycles. The number of rotatable bonds is 3. The molecular weight excluding hydrogens is 280 g/mol. The van der Waals surface area contributed by atoms with E-state index in [0.29, 0.717) is 0 Å². The van der Waals surface area contributed by atoms with Gasteiger partial charge in [0.1, 0.15) is 0 Å². The molecule has 2 heteroatoms. The summed E-state index contributed by atoms with van der Waals surface area (Å²) >= 11 is 0. The van der Waals surface area contributed by atoms with Crippen LogP contribution in [0.5, 0.6) is 0 Å². The molecule has 2 aromatic carbocycles. The topological polar surface area (TPSA) is 38.0 Å². The molecule has 1 atom stereocenters. The highest BCUT2D eigenvalue weighted by Crippen LogP contribution is 2.29. The van der Waals surface area contributed by atoms with Crippen LogP contribution in [0.2, 0.25) is 0 Å². The van der Waals surface area contributed by atoms with Gasteiger partial charge in [-0.3, -0.25) is 0 Å². The van der Waals surface area contributed by atoms with Crippen LogP contribution in [0, 0.1) is 0 Å². The molecule has 0 amide bonds. The molecule has 0 saturated carbocycles. The van der Waals surface area contributed by atoms with Crippen LogP contribution in [-0.2, 0) is 5.41 Å². The maximum atomic E-state index is 5.99. The van der Waals surface area contributed by atoms with Gasteiger partial charge in [-0.05, 0) is 55.0 Å². The van der Waals surface area contributed by atoms with E-state index in [1.165, 1.54) is 16.7 Å². The van der Waals surface area contributed by atoms with Gasteiger partial charge in [0.2, 0.25) is 0 Å². The Morgan fingerprint density at radius 3 is 1.91 bits per heavy atom. The monoisotopic (exact) mass is 310 g/mol. The number of anilines is 1. The average Bonchev–Trinajstić information content (AvgIpc) is 2.43. The SMILES string of the molecule is CC(C)(C)NC(c1ccc(C(C)(C)C)cc1)c1cccc(N)c1. The zero-order valence-corrected chi connectivity index (χ0v) is 15.3. The summed E-state index contributed by atoms with van der Waals surface area (Å²) in [7, 11) is 0. The molecule has 2 rings (SSSR count). The molecule has 124 valence electrons. The Kier molecular flexibility index (Phi) is 4.86. The van der Waals surface area contributed by atoms with Gasteiger partial charge in [0, 0.05) is 11.2 Å². The molecule has 0 radical (unpaired) electrons. The number of benzene rings is 2. The van der Waals surface area contributed by atoms with E-state index in [4.69, 9.17) is 5.73 Å². The largest absolute Gasteiger partial charge is 0.399 e. The second-order valence-corrected chi connectivity index (χ2v) is 8.37. The second kappa shape index (κ2) is 6.37. The van der Waals surface area contributed by atoms with Crippen molar-refractivity contribution in [1.29, 1.82) is 0 Å². The van der Waals surface area contributed by atoms with Crippen molar-refractivity contribution in [1.82, 2.24) is 5.32 Å². The van der Waals surface area contributed by atoms with E-state index in [9.17, 15) is 0 Å². The number of hydrogen-bond acceptors (Lipinski definition) is 2. The van der Waals surface area contributed by atoms with Crippen molar-refractivity contribution in [2.24, 2.45) is 0 Å². The minimum atomic E-state index is 0.0119. The summed E-state index contributed by atoms with van der Waals surface area (Å²) in [6, 6.07) is 17.2. The highest BCUT2D eigenvalue weighted by atomic mass is 15.0. The van der Waals surface area contributed by atoms with Crippen molar-refractivity contribution in [2.45, 2.75) is 58.5 Å². The van der Waals surface area contributed by atoms with E-state index < -0.39 is 0 Å². The Morgan fingerprint density at radius 1 is 0.826 bits per heavy atom. The Hall–Kier alpha value is -1.80. The molecule has 23 heavy (non-hydrogen) atoms. The van der Waals surface area contributed by atoms with Crippen LogP contribution in [0.3, 0.4) is 0 Å². The van der Waals surface area contributed by atoms with Crippen LogP contribution in [-0.4, -0.2) is 5.54 Å². The fourth-order valence-corrected chi connectivity index (χ4v) is 2.71. The molecule has 2 aromatic rings. The lowest BCUT2D eigenvalue weighted by molar-refractivity contribution is 0.391. The van der Waals surface area contributed by atoms with Crippen LogP contribution in [0.15, 0.2) is 48.5 Å². The molecule has 0 heterocycles. The Morgan fingerprint density at radius 2 is 1.43 bits per heavy atom. The molecule has 0 aliphatic rings. The Bertz CT molecular complexity index is 643. The van der Waals surface area contributed by atoms with Crippen LogP contribution in [0.4, 0.5) is 5.69 Å². The first-order valence-corrected chi connectivity index (χ1v) is 8.30. The third kappa shape index (κ3) is 4.84. The molecule has 0 bridgehead atoms. The molecule has 0 saturated heterocycles. The molecule has 3 N–H and O–H groups in total. The average molecular weight is 310 g/mol. The first-order valence-electron chi connectivity index (χ1n) is 8.30. The van der Waals surface area contributed by atoms with Gasteiger partial charge in [-0.15, -0.1) is 0 Å². The molecular formula is C21H30N2. The second-order valence-electron chi connectivity index (χ2n) is 8.37. The minimum absolute atomic E-state index is 0.0119. The summed E-state index contributed by atoms with van der Waals surface area (Å²) < 4.78 is 0. The fourth-order valence-electron chi connectivity index (χ4n) is 2.71. The summed E-state index contributed by atoms with van der Waals surface area (Å²) in [6.07, 6.45) is 0. The molecule has 0 aliphatic heterocycles. The van der Waals surface area contributed by atoms with Crippen molar-refractivity contribution in [3.05, 3.63) is 65.2 Å². The smallest absolute Gasteiger partial charge is 0.0581 e. The van der Waals surface area contributed by atoms with Gasteiger partial charge in [0.25, 0.3) is 0 Å². The maximum Gasteiger partial charge on any atom is 0.0581 e. The van der Waals surface area contributed by atoms with Crippen molar-refractivity contribution in [2.75, 3.05) is 5.73 Å². The lowest BCUT2D eigenvalue weighted by Gasteiger charge is -2.30. The zero-order valence-electron chi connectivity index (χ0n) is 15.3. The standard InChI is InChI=1S/C21H30N2/c1-20(2,3)17-12-10-15(11-13-17)19(23-21(4,5)6)16-8-7-9-18(22)14-16/h7-14,19,23H,22H2,1-6H3. The van der Waals surface area contributed by atoms with Crippen molar-refractivity contribution in [3.8, 4) is 0 Å². The van der Waals surface area contributed by atoms with E-state index >= 15 is 0 Å². The van der Waals surface area contributed by atoms with Crippen LogP contribution < -0.4 is 11.1 Å². The highest BCUT2D eigenvalue weighted by Gasteiger charge is 2.21. The van der Waals surface area contributed by atoms with Crippen molar-refractivity contribution in [3.63, 3.8) is 0 Å². The van der Waals surface area contributed by atoms with Gasteiger partial charge in [-0.25, -0.2) is 0 Å². The summed E-state index contributed by atoms with van der Waals surface area (Å²) in [6.45, 7) is 13.3. The number of nitrogen functional groups attached to an aromatic ring is 1.